The molecule has 0 aromatic heterocycles. The highest BCUT2D eigenvalue weighted by molar-refractivity contribution is 7.90. The molecule has 2 aliphatic rings. The maximum absolute atomic E-state index is 12.8. The number of anilines is 1. The van der Waals surface area contributed by atoms with E-state index in [9.17, 15) is 13.2 Å². The summed E-state index contributed by atoms with van der Waals surface area (Å²) in [5.74, 6) is 1.40. The summed E-state index contributed by atoms with van der Waals surface area (Å²) in [6.45, 7) is 0.990. The Labute approximate surface area is 181 Å². The van der Waals surface area contributed by atoms with E-state index in [2.05, 4.69) is 9.71 Å². The van der Waals surface area contributed by atoms with Gasteiger partial charge < -0.3 is 19.7 Å². The Balaban J connectivity index is 1.55. The monoisotopic (exact) mass is 443 g/mol. The molecule has 2 heterocycles. The first-order valence-electron chi connectivity index (χ1n) is 10.2. The number of nitrogens with one attached hydrogen (secondary N) is 1. The van der Waals surface area contributed by atoms with Gasteiger partial charge >= 0.3 is 0 Å². The number of methoxy groups -OCH3 is 2. The first-order chi connectivity index (χ1) is 14.9. The molecule has 1 amide bonds. The molecule has 0 unspecified atom stereocenters. The van der Waals surface area contributed by atoms with Crippen LogP contribution in [0.25, 0.3) is 0 Å². The molecule has 0 atom stereocenters. The molecule has 9 heteroatoms. The Kier molecular flexibility index (Phi) is 5.86. The molecule has 0 radical (unpaired) electrons. The predicted molar refractivity (Wildman–Crippen MR) is 118 cm³/mol. The molecule has 0 aliphatic carbocycles. The third-order valence-electron chi connectivity index (χ3n) is 5.51. The quantitative estimate of drug-likeness (QED) is 0.763. The van der Waals surface area contributed by atoms with Gasteiger partial charge in [0.2, 0.25) is 0 Å². The van der Waals surface area contributed by atoms with Crippen LogP contribution in [0.15, 0.2) is 45.7 Å². The second kappa shape index (κ2) is 8.58. The van der Waals surface area contributed by atoms with Crippen molar-refractivity contribution in [2.75, 3.05) is 25.7 Å². The van der Waals surface area contributed by atoms with Crippen LogP contribution in [-0.2, 0) is 16.6 Å². The average Bonchev–Trinajstić information content (AvgIpc) is 3.01. The summed E-state index contributed by atoms with van der Waals surface area (Å²) in [5, 5.41) is 2.82. The summed E-state index contributed by atoms with van der Waals surface area (Å²) in [6, 6.07) is 10.2. The molecule has 2 aromatic carbocycles. The Morgan fingerprint density at radius 3 is 2.65 bits per heavy atom. The fourth-order valence-electron chi connectivity index (χ4n) is 3.90. The molecule has 4 rings (SSSR count). The van der Waals surface area contributed by atoms with Crippen molar-refractivity contribution in [1.29, 1.82) is 0 Å². The molecule has 31 heavy (non-hydrogen) atoms. The van der Waals surface area contributed by atoms with E-state index in [4.69, 9.17) is 9.47 Å². The van der Waals surface area contributed by atoms with Gasteiger partial charge in [0.15, 0.2) is 11.5 Å². The van der Waals surface area contributed by atoms with Crippen molar-refractivity contribution in [3.63, 3.8) is 0 Å². The number of hydrogen-bond donors (Lipinski definition) is 1. The smallest absolute Gasteiger partial charge is 0.286 e. The number of fused-ring (bicyclic) bond motifs is 3. The molecule has 1 fully saturated rings. The molecule has 164 valence electrons. The van der Waals surface area contributed by atoms with Crippen LogP contribution in [0, 0.1) is 0 Å². The van der Waals surface area contributed by atoms with Crippen LogP contribution in [0.4, 0.5) is 5.69 Å². The number of rotatable bonds is 5. The average molecular weight is 444 g/mol. The standard InChI is InChI=1S/C22H25N3O5S/c1-29-18-10-7-15(12-19(18)30-2)14-23-22(26)16-8-9-17-20(13-16)31(27,28)24-21-6-4-3-5-11-25(17)21/h7-10,12-13H,3-6,11,14H2,1-2H3,(H,23,26). The minimum absolute atomic E-state index is 0.0805. The van der Waals surface area contributed by atoms with Gasteiger partial charge in [0.25, 0.3) is 15.9 Å². The van der Waals surface area contributed by atoms with Crippen LogP contribution in [0.3, 0.4) is 0 Å². The van der Waals surface area contributed by atoms with Gasteiger partial charge in [-0.3, -0.25) is 4.79 Å². The highest BCUT2D eigenvalue weighted by Gasteiger charge is 2.32. The van der Waals surface area contributed by atoms with Crippen molar-refractivity contribution in [3.05, 3.63) is 47.5 Å². The highest BCUT2D eigenvalue weighted by atomic mass is 32.2. The Bertz CT molecular complexity index is 1140. The van der Waals surface area contributed by atoms with E-state index >= 15 is 0 Å². The first kappa shape index (κ1) is 21.2. The second-order valence-corrected chi connectivity index (χ2v) is 9.07. The lowest BCUT2D eigenvalue weighted by molar-refractivity contribution is 0.0950. The summed E-state index contributed by atoms with van der Waals surface area (Å²) >= 11 is 0. The largest absolute Gasteiger partial charge is 0.493 e. The van der Waals surface area contributed by atoms with E-state index in [1.807, 2.05) is 11.0 Å². The highest BCUT2D eigenvalue weighted by Crippen LogP contribution is 2.35. The number of amides is 1. The van der Waals surface area contributed by atoms with Gasteiger partial charge in [0.1, 0.15) is 10.7 Å². The molecule has 1 N–H and O–H groups in total. The molecule has 0 spiro atoms. The molecule has 2 aromatic rings. The van der Waals surface area contributed by atoms with Crippen molar-refractivity contribution in [2.24, 2.45) is 4.40 Å². The second-order valence-electron chi connectivity index (χ2n) is 7.50. The number of ether oxygens (including phenoxy) is 2. The number of benzene rings is 2. The minimum Gasteiger partial charge on any atom is -0.493 e. The maximum Gasteiger partial charge on any atom is 0.286 e. The van der Waals surface area contributed by atoms with Crippen molar-refractivity contribution < 1.29 is 22.7 Å². The van der Waals surface area contributed by atoms with E-state index in [0.29, 0.717) is 29.4 Å². The van der Waals surface area contributed by atoms with Gasteiger partial charge in [-0.25, -0.2) is 0 Å². The zero-order valence-corrected chi connectivity index (χ0v) is 18.4. The van der Waals surface area contributed by atoms with Crippen LogP contribution >= 0.6 is 0 Å². The van der Waals surface area contributed by atoms with Gasteiger partial charge in [-0.05, 0) is 48.7 Å². The first-order valence-corrected chi connectivity index (χ1v) is 11.6. The SMILES string of the molecule is COc1ccc(CNC(=O)c2ccc3c(c2)S(=O)(=O)N=C2CCCCCN23)cc1OC. The minimum atomic E-state index is -3.83. The topological polar surface area (TPSA) is 97.3 Å². The third kappa shape index (κ3) is 4.23. The fourth-order valence-corrected chi connectivity index (χ4v) is 5.18. The van der Waals surface area contributed by atoms with Gasteiger partial charge in [0.05, 0.1) is 19.9 Å². The van der Waals surface area contributed by atoms with Crippen LogP contribution in [0.5, 0.6) is 11.5 Å². The van der Waals surface area contributed by atoms with Crippen molar-refractivity contribution in [1.82, 2.24) is 5.32 Å². The number of sulfonamides is 1. The van der Waals surface area contributed by atoms with Gasteiger partial charge in [-0.2, -0.15) is 8.42 Å². The number of nitrogens with zero attached hydrogens (tertiary/aromatic N) is 2. The molecule has 2 aliphatic heterocycles. The van der Waals surface area contributed by atoms with E-state index in [1.165, 1.54) is 6.07 Å². The molecule has 8 nitrogen and oxygen atoms in total. The lowest BCUT2D eigenvalue weighted by Gasteiger charge is -2.29. The molecule has 0 bridgehead atoms. The summed E-state index contributed by atoms with van der Waals surface area (Å²) in [6.07, 6.45) is 3.59. The van der Waals surface area contributed by atoms with E-state index in [1.54, 1.807) is 38.5 Å². The number of carbonyl (C=O) groups excluding carboxylic acids is 1. The van der Waals surface area contributed by atoms with Crippen LogP contribution in [0.1, 0.15) is 41.6 Å². The van der Waals surface area contributed by atoms with E-state index in [0.717, 1.165) is 31.4 Å². The Morgan fingerprint density at radius 1 is 1.06 bits per heavy atom. The zero-order chi connectivity index (χ0) is 22.0. The Morgan fingerprint density at radius 2 is 1.87 bits per heavy atom. The molecule has 0 saturated carbocycles. The predicted octanol–water partition coefficient (Wildman–Crippen LogP) is 3.12. The Hall–Kier alpha value is -3.07. The number of carbonyl (C=O) groups is 1. The van der Waals surface area contributed by atoms with Crippen molar-refractivity contribution in [3.8, 4) is 11.5 Å². The van der Waals surface area contributed by atoms with E-state index in [-0.39, 0.29) is 22.9 Å². The molecule has 1 saturated heterocycles. The van der Waals surface area contributed by atoms with Crippen LogP contribution in [-0.4, -0.2) is 40.9 Å². The van der Waals surface area contributed by atoms with E-state index < -0.39 is 10.0 Å². The summed E-state index contributed by atoms with van der Waals surface area (Å²) < 4.78 is 40.0. The summed E-state index contributed by atoms with van der Waals surface area (Å²) in [4.78, 5) is 14.8. The third-order valence-corrected chi connectivity index (χ3v) is 6.84. The fraction of sp³-hybridized carbons (Fsp3) is 0.364. The number of hydrogen-bond acceptors (Lipinski definition) is 6. The van der Waals surface area contributed by atoms with Crippen LogP contribution in [0.2, 0.25) is 0 Å². The number of amidine groups is 1. The van der Waals surface area contributed by atoms with Crippen molar-refractivity contribution in [2.45, 2.75) is 37.1 Å². The van der Waals surface area contributed by atoms with Crippen LogP contribution < -0.4 is 19.7 Å². The lowest BCUT2D eigenvalue weighted by atomic mass is 10.1. The summed E-state index contributed by atoms with van der Waals surface area (Å²) in [7, 11) is -0.727. The van der Waals surface area contributed by atoms with Gasteiger partial charge in [0, 0.05) is 25.1 Å². The lowest BCUT2D eigenvalue weighted by Crippen LogP contribution is -2.35. The molecular weight excluding hydrogens is 418 g/mol. The van der Waals surface area contributed by atoms with Gasteiger partial charge in [-0.1, -0.05) is 12.5 Å². The molecular formula is C22H25N3O5S. The normalized spacial score (nSPS) is 17.0. The summed E-state index contributed by atoms with van der Waals surface area (Å²) in [5.41, 5.74) is 1.70. The van der Waals surface area contributed by atoms with Gasteiger partial charge in [-0.15, -0.1) is 4.40 Å². The zero-order valence-electron chi connectivity index (χ0n) is 17.6. The van der Waals surface area contributed by atoms with Crippen molar-refractivity contribution >= 4 is 27.5 Å². The maximum atomic E-state index is 12.8.